The Morgan fingerprint density at radius 2 is 1.75 bits per heavy atom. The number of carbonyl (C=O) groups excluding carboxylic acids is 2. The largest absolute Gasteiger partial charge is 0.482 e. The number of nitrogens with zero attached hydrogens (tertiary/aromatic N) is 1. The van der Waals surface area contributed by atoms with Gasteiger partial charge in [0.15, 0.2) is 13.2 Å². The van der Waals surface area contributed by atoms with Gasteiger partial charge in [-0.25, -0.2) is 4.79 Å². The van der Waals surface area contributed by atoms with Crippen LogP contribution in [-0.4, -0.2) is 43.3 Å². The number of hydrogen-bond donors (Lipinski definition) is 0. The van der Waals surface area contributed by atoms with Crippen molar-refractivity contribution in [1.29, 1.82) is 0 Å². The van der Waals surface area contributed by atoms with E-state index in [1.54, 1.807) is 13.2 Å². The van der Waals surface area contributed by atoms with Crippen LogP contribution in [0.25, 0.3) is 0 Å². The summed E-state index contributed by atoms with van der Waals surface area (Å²) in [6.45, 7) is 9.85. The Morgan fingerprint density at radius 3 is 2.39 bits per heavy atom. The molecule has 2 aromatic rings. The topological polar surface area (TPSA) is 66.8 Å². The summed E-state index contributed by atoms with van der Waals surface area (Å²) in [5.74, 6) is -0.210. The Labute approximate surface area is 166 Å². The van der Waals surface area contributed by atoms with Gasteiger partial charge in [0.25, 0.3) is 0 Å². The first kappa shape index (κ1) is 21.7. The molecule has 152 valence electrons. The second-order valence-corrected chi connectivity index (χ2v) is 7.08. The van der Waals surface area contributed by atoms with Crippen LogP contribution in [0.2, 0.25) is 0 Å². The van der Waals surface area contributed by atoms with Crippen LogP contribution in [0, 0.1) is 27.7 Å². The van der Waals surface area contributed by atoms with Gasteiger partial charge in [-0.2, -0.15) is 0 Å². The lowest BCUT2D eigenvalue weighted by molar-refractivity contribution is -0.144. The van der Waals surface area contributed by atoms with Gasteiger partial charge in [0.2, 0.25) is 5.78 Å². The van der Waals surface area contributed by atoms with Crippen molar-refractivity contribution in [3.05, 3.63) is 52.3 Å². The molecular weight excluding hydrogens is 358 g/mol. The number of ether oxygens (including phenoxy) is 3. The zero-order chi connectivity index (χ0) is 20.8. The normalized spacial score (nSPS) is 11.9. The molecule has 2 rings (SSSR count). The zero-order valence-electron chi connectivity index (χ0n) is 17.5. The van der Waals surface area contributed by atoms with Crippen LogP contribution >= 0.6 is 0 Å². The number of rotatable bonds is 9. The Hall–Kier alpha value is -2.60. The molecule has 1 aromatic heterocycles. The van der Waals surface area contributed by atoms with Crippen LogP contribution in [0.15, 0.2) is 24.3 Å². The first-order valence-corrected chi connectivity index (χ1v) is 9.30. The average Bonchev–Trinajstić information content (AvgIpc) is 2.95. The molecule has 0 saturated heterocycles. The lowest BCUT2D eigenvalue weighted by atomic mass is 10.1. The molecule has 0 aliphatic heterocycles. The summed E-state index contributed by atoms with van der Waals surface area (Å²) in [5.41, 5.74) is 4.60. The van der Waals surface area contributed by atoms with E-state index in [4.69, 9.17) is 14.2 Å². The first-order valence-electron chi connectivity index (χ1n) is 9.30. The number of aryl methyl sites for hydroxylation is 3. The standard InChI is InChI=1S/C22H29NO5/c1-14-7-8-19(9-15(14)2)27-13-22(25)28-12-21(24)20-10-16(3)23(18(20)5)17(4)11-26-6/h7-10,17H,11-13H2,1-6H3/t17-/m0/s1. The van der Waals surface area contributed by atoms with Crippen LogP contribution in [0.4, 0.5) is 0 Å². The maximum Gasteiger partial charge on any atom is 0.344 e. The maximum absolute atomic E-state index is 12.5. The molecule has 6 nitrogen and oxygen atoms in total. The van der Waals surface area contributed by atoms with Crippen LogP contribution < -0.4 is 4.74 Å². The molecule has 1 aromatic carbocycles. The third-order valence-corrected chi connectivity index (χ3v) is 4.83. The van der Waals surface area contributed by atoms with E-state index in [-0.39, 0.29) is 25.0 Å². The molecule has 1 atom stereocenters. The van der Waals surface area contributed by atoms with E-state index in [9.17, 15) is 9.59 Å². The number of carbonyl (C=O) groups is 2. The molecule has 28 heavy (non-hydrogen) atoms. The minimum absolute atomic E-state index is 0.112. The summed E-state index contributed by atoms with van der Waals surface area (Å²) in [6, 6.07) is 7.53. The summed E-state index contributed by atoms with van der Waals surface area (Å²) < 4.78 is 17.8. The van der Waals surface area contributed by atoms with Crippen LogP contribution in [-0.2, 0) is 14.3 Å². The predicted octanol–water partition coefficient (Wildman–Crippen LogP) is 3.73. The van der Waals surface area contributed by atoms with Crippen molar-refractivity contribution >= 4 is 11.8 Å². The number of esters is 1. The minimum atomic E-state index is -0.576. The smallest absolute Gasteiger partial charge is 0.344 e. The summed E-state index contributed by atoms with van der Waals surface area (Å²) in [6.07, 6.45) is 0. The number of ketones is 1. The summed E-state index contributed by atoms with van der Waals surface area (Å²) in [4.78, 5) is 24.4. The molecule has 6 heteroatoms. The van der Waals surface area contributed by atoms with Gasteiger partial charge in [0.05, 0.1) is 12.6 Å². The highest BCUT2D eigenvalue weighted by Crippen LogP contribution is 2.21. The fourth-order valence-electron chi connectivity index (χ4n) is 3.26. The Bertz CT molecular complexity index is 853. The van der Waals surface area contributed by atoms with E-state index in [0.29, 0.717) is 17.9 Å². The SMILES string of the molecule is COC[C@H](C)n1c(C)cc(C(=O)COC(=O)COc2ccc(C)c(C)c2)c1C. The van der Waals surface area contributed by atoms with Gasteiger partial charge >= 0.3 is 5.97 Å². The molecule has 0 bridgehead atoms. The monoisotopic (exact) mass is 387 g/mol. The van der Waals surface area contributed by atoms with Crippen LogP contribution in [0.1, 0.15) is 45.8 Å². The van der Waals surface area contributed by atoms with Crippen molar-refractivity contribution in [2.45, 2.75) is 40.7 Å². The average molecular weight is 387 g/mol. The van der Waals surface area contributed by atoms with E-state index < -0.39 is 5.97 Å². The number of benzene rings is 1. The molecule has 0 unspecified atom stereocenters. The van der Waals surface area contributed by atoms with E-state index in [0.717, 1.165) is 22.5 Å². The van der Waals surface area contributed by atoms with Crippen molar-refractivity contribution in [3.63, 3.8) is 0 Å². The molecule has 0 spiro atoms. The molecule has 1 heterocycles. The third kappa shape index (κ3) is 5.23. The predicted molar refractivity (Wildman–Crippen MR) is 107 cm³/mol. The first-order chi connectivity index (χ1) is 13.2. The number of methoxy groups -OCH3 is 1. The molecule has 0 aliphatic carbocycles. The van der Waals surface area contributed by atoms with Crippen molar-refractivity contribution in [2.24, 2.45) is 0 Å². The third-order valence-electron chi connectivity index (χ3n) is 4.83. The van der Waals surface area contributed by atoms with Gasteiger partial charge in [0, 0.05) is 24.1 Å². The lowest BCUT2D eigenvalue weighted by Gasteiger charge is -2.17. The van der Waals surface area contributed by atoms with Crippen LogP contribution in [0.3, 0.4) is 0 Å². The van der Waals surface area contributed by atoms with E-state index in [1.807, 2.05) is 52.8 Å². The molecule has 0 saturated carbocycles. The van der Waals surface area contributed by atoms with Crippen molar-refractivity contribution < 1.29 is 23.8 Å². The Kier molecular flexibility index (Phi) is 7.40. The molecule has 0 N–H and O–H groups in total. The van der Waals surface area contributed by atoms with Crippen molar-refractivity contribution in [1.82, 2.24) is 4.57 Å². The number of hydrogen-bond acceptors (Lipinski definition) is 5. The summed E-state index contributed by atoms with van der Waals surface area (Å²) >= 11 is 0. The van der Waals surface area contributed by atoms with Gasteiger partial charge in [-0.1, -0.05) is 6.07 Å². The van der Waals surface area contributed by atoms with Crippen molar-refractivity contribution in [3.8, 4) is 5.75 Å². The zero-order valence-corrected chi connectivity index (χ0v) is 17.5. The number of Topliss-reactive ketones (excluding diaryl/α,β-unsaturated/α-hetero) is 1. The highest BCUT2D eigenvalue weighted by molar-refractivity contribution is 5.99. The summed E-state index contributed by atoms with van der Waals surface area (Å²) in [5, 5.41) is 0. The molecule has 0 amide bonds. The lowest BCUT2D eigenvalue weighted by Crippen LogP contribution is -2.20. The highest BCUT2D eigenvalue weighted by atomic mass is 16.6. The minimum Gasteiger partial charge on any atom is -0.482 e. The maximum atomic E-state index is 12.5. The fraction of sp³-hybridized carbons (Fsp3) is 0.455. The van der Waals surface area contributed by atoms with E-state index in [2.05, 4.69) is 4.57 Å². The summed E-state index contributed by atoms with van der Waals surface area (Å²) in [7, 11) is 1.65. The molecular formula is C22H29NO5. The molecule has 0 aliphatic rings. The Balaban J connectivity index is 1.92. The molecule has 0 radical (unpaired) electrons. The van der Waals surface area contributed by atoms with E-state index >= 15 is 0 Å². The second kappa shape index (κ2) is 9.55. The van der Waals surface area contributed by atoms with Gasteiger partial charge in [-0.3, -0.25) is 4.79 Å². The van der Waals surface area contributed by atoms with Gasteiger partial charge < -0.3 is 18.8 Å². The second-order valence-electron chi connectivity index (χ2n) is 7.08. The Morgan fingerprint density at radius 1 is 1.04 bits per heavy atom. The highest BCUT2D eigenvalue weighted by Gasteiger charge is 2.20. The van der Waals surface area contributed by atoms with Gasteiger partial charge in [0.1, 0.15) is 5.75 Å². The molecule has 0 fully saturated rings. The van der Waals surface area contributed by atoms with E-state index in [1.165, 1.54) is 0 Å². The van der Waals surface area contributed by atoms with Gasteiger partial charge in [-0.05, 0) is 63.9 Å². The number of aromatic nitrogens is 1. The van der Waals surface area contributed by atoms with Gasteiger partial charge in [-0.15, -0.1) is 0 Å². The van der Waals surface area contributed by atoms with Crippen molar-refractivity contribution in [2.75, 3.05) is 26.9 Å². The fourth-order valence-corrected chi connectivity index (χ4v) is 3.26. The quantitative estimate of drug-likeness (QED) is 0.484. The van der Waals surface area contributed by atoms with Crippen LogP contribution in [0.5, 0.6) is 5.75 Å².